The van der Waals surface area contributed by atoms with E-state index in [0.717, 1.165) is 6.26 Å². The van der Waals surface area contributed by atoms with E-state index < -0.39 is 38.6 Å². The summed E-state index contributed by atoms with van der Waals surface area (Å²) in [6.45, 7) is 1.17. The van der Waals surface area contributed by atoms with Gasteiger partial charge >= 0.3 is 5.97 Å². The summed E-state index contributed by atoms with van der Waals surface area (Å²) in [7, 11) is -4.59. The van der Waals surface area contributed by atoms with Crippen LogP contribution in [-0.4, -0.2) is 59.2 Å². The van der Waals surface area contributed by atoms with E-state index >= 15 is 0 Å². The molecular weight excluding hydrogens is 282 g/mol. The van der Waals surface area contributed by atoms with Gasteiger partial charge in [0.2, 0.25) is 5.91 Å². The van der Waals surface area contributed by atoms with Gasteiger partial charge in [0.25, 0.3) is 0 Å². The SMILES string of the molecule is CC(=O)NC(CS(=O)CCCS(C)(=O)=O)C(=O)O. The van der Waals surface area contributed by atoms with Crippen LogP contribution in [0.4, 0.5) is 0 Å². The van der Waals surface area contributed by atoms with Gasteiger partial charge in [-0.1, -0.05) is 0 Å². The number of carbonyl (C=O) groups excluding carboxylic acids is 1. The van der Waals surface area contributed by atoms with Gasteiger partial charge in [-0.25, -0.2) is 13.2 Å². The standard InChI is InChI=1S/C9H17NO6S2/c1-7(11)10-8(9(12)13)6-17(14)4-3-5-18(2,15)16/h8H,3-6H2,1-2H3,(H,10,11)(H,12,13). The Morgan fingerprint density at radius 3 is 2.33 bits per heavy atom. The van der Waals surface area contributed by atoms with Crippen molar-refractivity contribution < 1.29 is 27.3 Å². The lowest BCUT2D eigenvalue weighted by atomic mass is 10.3. The van der Waals surface area contributed by atoms with Crippen LogP contribution in [0.5, 0.6) is 0 Å². The smallest absolute Gasteiger partial charge is 0.327 e. The van der Waals surface area contributed by atoms with Crippen molar-refractivity contribution in [1.82, 2.24) is 5.32 Å². The van der Waals surface area contributed by atoms with E-state index in [0.29, 0.717) is 0 Å². The molecule has 0 aromatic heterocycles. The fourth-order valence-electron chi connectivity index (χ4n) is 1.17. The van der Waals surface area contributed by atoms with Crippen molar-refractivity contribution >= 4 is 32.5 Å². The second-order valence-corrected chi connectivity index (χ2v) is 7.77. The van der Waals surface area contributed by atoms with E-state index in [1.807, 2.05) is 0 Å². The van der Waals surface area contributed by atoms with Gasteiger partial charge in [-0.2, -0.15) is 0 Å². The third-order valence-corrected chi connectivity index (χ3v) is 4.39. The van der Waals surface area contributed by atoms with Crippen LogP contribution in [0.1, 0.15) is 13.3 Å². The van der Waals surface area contributed by atoms with E-state index in [1.54, 1.807) is 0 Å². The molecule has 18 heavy (non-hydrogen) atoms. The maximum atomic E-state index is 11.5. The van der Waals surface area contributed by atoms with Gasteiger partial charge in [-0.05, 0) is 6.42 Å². The third kappa shape index (κ3) is 9.11. The molecule has 0 aliphatic heterocycles. The zero-order valence-electron chi connectivity index (χ0n) is 10.2. The molecule has 0 radical (unpaired) electrons. The van der Waals surface area contributed by atoms with Crippen molar-refractivity contribution in [3.05, 3.63) is 0 Å². The second kappa shape index (κ2) is 7.47. The van der Waals surface area contributed by atoms with Crippen LogP contribution < -0.4 is 5.32 Å². The molecule has 0 aromatic carbocycles. The summed E-state index contributed by atoms with van der Waals surface area (Å²) in [6, 6.07) is -1.21. The normalized spacial score (nSPS) is 14.8. The minimum absolute atomic E-state index is 0.0867. The fourth-order valence-corrected chi connectivity index (χ4v) is 3.25. The monoisotopic (exact) mass is 299 g/mol. The molecular formula is C9H17NO6S2. The third-order valence-electron chi connectivity index (χ3n) is 1.92. The van der Waals surface area contributed by atoms with Crippen molar-refractivity contribution in [2.45, 2.75) is 19.4 Å². The van der Waals surface area contributed by atoms with Crippen LogP contribution in [0.3, 0.4) is 0 Å². The topological polar surface area (TPSA) is 118 Å². The average Bonchev–Trinajstić information content (AvgIpc) is 2.13. The largest absolute Gasteiger partial charge is 0.480 e. The molecule has 0 saturated carbocycles. The number of amides is 1. The van der Waals surface area contributed by atoms with E-state index in [1.165, 1.54) is 6.92 Å². The molecule has 0 bridgehead atoms. The molecule has 0 aromatic rings. The molecule has 9 heteroatoms. The van der Waals surface area contributed by atoms with Crippen LogP contribution in [0.25, 0.3) is 0 Å². The zero-order chi connectivity index (χ0) is 14.3. The van der Waals surface area contributed by atoms with Crippen molar-refractivity contribution in [3.8, 4) is 0 Å². The Balaban J connectivity index is 4.19. The molecule has 0 rings (SSSR count). The van der Waals surface area contributed by atoms with Gasteiger partial charge in [-0.3, -0.25) is 9.00 Å². The molecule has 0 spiro atoms. The highest BCUT2D eigenvalue weighted by atomic mass is 32.2. The number of carboxylic acids is 1. The van der Waals surface area contributed by atoms with Gasteiger partial charge < -0.3 is 10.4 Å². The first-order valence-corrected chi connectivity index (χ1v) is 8.69. The average molecular weight is 299 g/mol. The molecule has 2 unspecified atom stereocenters. The van der Waals surface area contributed by atoms with E-state index in [-0.39, 0.29) is 23.7 Å². The van der Waals surface area contributed by atoms with E-state index in [2.05, 4.69) is 5.32 Å². The Labute approximate surface area is 108 Å². The Morgan fingerprint density at radius 2 is 1.94 bits per heavy atom. The first-order valence-electron chi connectivity index (χ1n) is 5.14. The van der Waals surface area contributed by atoms with Gasteiger partial charge in [0, 0.05) is 29.7 Å². The first-order chi connectivity index (χ1) is 8.11. The van der Waals surface area contributed by atoms with Gasteiger partial charge in [-0.15, -0.1) is 0 Å². The molecule has 106 valence electrons. The highest BCUT2D eigenvalue weighted by Gasteiger charge is 2.21. The fraction of sp³-hybridized carbons (Fsp3) is 0.778. The molecule has 2 N–H and O–H groups in total. The zero-order valence-corrected chi connectivity index (χ0v) is 11.8. The van der Waals surface area contributed by atoms with Crippen LogP contribution in [0.15, 0.2) is 0 Å². The molecule has 0 aliphatic rings. The van der Waals surface area contributed by atoms with Gasteiger partial charge in [0.1, 0.15) is 15.9 Å². The minimum Gasteiger partial charge on any atom is -0.480 e. The summed E-state index contributed by atoms with van der Waals surface area (Å²) in [5.74, 6) is -2.00. The lowest BCUT2D eigenvalue weighted by Gasteiger charge is -2.12. The highest BCUT2D eigenvalue weighted by molar-refractivity contribution is 7.90. The number of aliphatic carboxylic acids is 1. The Hall–Kier alpha value is -0.960. The van der Waals surface area contributed by atoms with Crippen molar-refractivity contribution in [3.63, 3.8) is 0 Å². The van der Waals surface area contributed by atoms with Crippen molar-refractivity contribution in [2.75, 3.05) is 23.5 Å². The molecule has 2 atom stereocenters. The number of carboxylic acid groups (broad SMARTS) is 1. The maximum Gasteiger partial charge on any atom is 0.327 e. The van der Waals surface area contributed by atoms with Crippen LogP contribution in [0, 0.1) is 0 Å². The first kappa shape index (κ1) is 17.0. The number of sulfone groups is 1. The lowest BCUT2D eigenvalue weighted by molar-refractivity contribution is -0.140. The van der Waals surface area contributed by atoms with Gasteiger partial charge in [0.15, 0.2) is 0 Å². The summed E-state index contributed by atoms with van der Waals surface area (Å²) < 4.78 is 33.2. The number of carbonyl (C=O) groups is 2. The predicted molar refractivity (Wildman–Crippen MR) is 67.4 cm³/mol. The molecule has 0 aliphatic carbocycles. The molecule has 0 saturated heterocycles. The summed E-state index contributed by atoms with van der Waals surface area (Å²) >= 11 is 0. The van der Waals surface area contributed by atoms with Crippen LogP contribution in [-0.2, 0) is 30.2 Å². The van der Waals surface area contributed by atoms with Crippen LogP contribution >= 0.6 is 0 Å². The second-order valence-electron chi connectivity index (χ2n) is 3.89. The Morgan fingerprint density at radius 1 is 1.39 bits per heavy atom. The summed E-state index contributed by atoms with van der Waals surface area (Å²) in [5.41, 5.74) is 0. The molecule has 7 nitrogen and oxygen atoms in total. The number of rotatable bonds is 8. The van der Waals surface area contributed by atoms with E-state index in [4.69, 9.17) is 5.11 Å². The van der Waals surface area contributed by atoms with Crippen molar-refractivity contribution in [2.24, 2.45) is 0 Å². The summed E-state index contributed by atoms with van der Waals surface area (Å²) in [6.07, 6.45) is 1.28. The van der Waals surface area contributed by atoms with Crippen molar-refractivity contribution in [1.29, 1.82) is 0 Å². The predicted octanol–water partition coefficient (Wildman–Crippen LogP) is -1.24. The number of nitrogens with one attached hydrogen (secondary N) is 1. The number of hydrogen-bond donors (Lipinski definition) is 2. The molecule has 0 heterocycles. The van der Waals surface area contributed by atoms with Gasteiger partial charge in [0.05, 0.1) is 11.5 Å². The molecule has 0 fully saturated rings. The quantitative estimate of drug-likeness (QED) is 0.579. The summed E-state index contributed by atoms with van der Waals surface area (Å²) in [4.78, 5) is 21.5. The Kier molecular flexibility index (Phi) is 7.07. The molecule has 1 amide bonds. The maximum absolute atomic E-state index is 11.5. The number of hydrogen-bond acceptors (Lipinski definition) is 5. The van der Waals surface area contributed by atoms with Crippen LogP contribution in [0.2, 0.25) is 0 Å². The minimum atomic E-state index is -3.10. The van der Waals surface area contributed by atoms with E-state index in [9.17, 15) is 22.2 Å². The Bertz CT molecular complexity index is 430. The highest BCUT2D eigenvalue weighted by Crippen LogP contribution is 1.96. The lowest BCUT2D eigenvalue weighted by Crippen LogP contribution is -2.43. The summed E-state index contributed by atoms with van der Waals surface area (Å²) in [5, 5.41) is 10.9.